The smallest absolute Gasteiger partial charge is 0.418 e. The number of fused-ring (bicyclic) bond motifs is 1. The van der Waals surface area contributed by atoms with Crippen molar-refractivity contribution in [2.24, 2.45) is 17.0 Å². The molecule has 0 saturated carbocycles. The SMILES string of the molecule is CC1(C)C(CC(=O)/C(=N\OC(COc2ccc3nc(CC4CNC4)ccc3c2)C(=O)O)c2csc(N)n2)C(=O)N1OS(=O)(=O)O. The summed E-state index contributed by atoms with van der Waals surface area (Å²) < 4.78 is 41.2. The molecule has 1 amide bonds. The number of aromatic nitrogens is 2. The number of hydrogen-bond donors (Lipinski definition) is 4. The van der Waals surface area contributed by atoms with Crippen LogP contribution < -0.4 is 15.8 Å². The third-order valence-corrected chi connectivity index (χ3v) is 8.50. The van der Waals surface area contributed by atoms with Crippen LogP contribution in [-0.2, 0) is 40.3 Å². The van der Waals surface area contributed by atoms with Crippen molar-refractivity contribution in [2.45, 2.75) is 38.3 Å². The standard InChI is InChI=1S/C27H30N6O10S2/c1-27(2)18(24(35)33(27)43-45(38,39)40)9-21(34)23(20-13-44-26(28)31-20)32-42-22(25(36)37)12-41-17-5-6-19-15(8-17)3-4-16(30-19)7-14-10-29-11-14/h3-6,8,13-14,18,22,29H,7,9-12H2,1-2H3,(H2,28,31)(H,36,37)(H,38,39,40)/b32-23-. The second-order valence-electron chi connectivity index (χ2n) is 11.1. The Kier molecular flexibility index (Phi) is 9.04. The summed E-state index contributed by atoms with van der Waals surface area (Å²) >= 11 is 0.992. The van der Waals surface area contributed by atoms with Crippen molar-refractivity contribution < 1.29 is 46.3 Å². The number of anilines is 1. The van der Waals surface area contributed by atoms with E-state index in [1.54, 1.807) is 18.2 Å². The van der Waals surface area contributed by atoms with E-state index in [1.807, 2.05) is 12.1 Å². The zero-order chi connectivity index (χ0) is 32.5. The number of carboxylic acids is 1. The number of thiazole rings is 1. The van der Waals surface area contributed by atoms with Gasteiger partial charge in [-0.15, -0.1) is 15.6 Å². The van der Waals surface area contributed by atoms with E-state index in [0.29, 0.717) is 16.7 Å². The van der Waals surface area contributed by atoms with Gasteiger partial charge in [-0.05, 0) is 63.5 Å². The van der Waals surface area contributed by atoms with E-state index in [4.69, 9.17) is 19.9 Å². The Balaban J connectivity index is 1.27. The number of aliphatic carboxylic acids is 1. The average molecular weight is 663 g/mol. The van der Waals surface area contributed by atoms with Crippen LogP contribution in [0.2, 0.25) is 0 Å². The minimum atomic E-state index is -4.98. The van der Waals surface area contributed by atoms with Crippen molar-refractivity contribution >= 4 is 61.1 Å². The Morgan fingerprint density at radius 1 is 1.24 bits per heavy atom. The van der Waals surface area contributed by atoms with E-state index >= 15 is 0 Å². The lowest BCUT2D eigenvalue weighted by Crippen LogP contribution is -2.68. The molecule has 2 aromatic heterocycles. The Labute approximate surface area is 261 Å². The fourth-order valence-electron chi connectivity index (χ4n) is 4.86. The molecule has 5 rings (SSSR count). The lowest BCUT2D eigenvalue weighted by molar-refractivity contribution is -0.228. The molecule has 2 atom stereocenters. The molecule has 5 N–H and O–H groups in total. The number of ketones is 1. The number of carbonyl (C=O) groups is 3. The second-order valence-corrected chi connectivity index (χ2v) is 13.0. The molecule has 18 heteroatoms. The van der Waals surface area contributed by atoms with Crippen LogP contribution in [0.3, 0.4) is 0 Å². The highest BCUT2D eigenvalue weighted by atomic mass is 32.3. The van der Waals surface area contributed by atoms with Crippen molar-refractivity contribution in [1.82, 2.24) is 20.3 Å². The number of pyridine rings is 1. The molecule has 2 unspecified atom stereocenters. The van der Waals surface area contributed by atoms with Gasteiger partial charge in [0, 0.05) is 22.9 Å². The fraction of sp³-hybridized carbons (Fsp3) is 0.407. The Hall–Kier alpha value is -4.23. The second kappa shape index (κ2) is 12.6. The number of nitrogens with zero attached hydrogens (tertiary/aromatic N) is 4. The summed E-state index contributed by atoms with van der Waals surface area (Å²) in [5.74, 6) is -3.20. The first-order chi connectivity index (χ1) is 21.2. The van der Waals surface area contributed by atoms with Crippen molar-refractivity contribution in [1.29, 1.82) is 0 Å². The topological polar surface area (TPSA) is 233 Å². The van der Waals surface area contributed by atoms with Gasteiger partial charge in [-0.1, -0.05) is 11.2 Å². The zero-order valence-electron chi connectivity index (χ0n) is 24.1. The lowest BCUT2D eigenvalue weighted by Gasteiger charge is -2.50. The molecular weight excluding hydrogens is 632 g/mol. The number of β-lactam (4-membered cyclic amide) rings is 1. The van der Waals surface area contributed by atoms with E-state index in [1.165, 1.54) is 19.2 Å². The Bertz CT molecular complexity index is 1770. The number of benzene rings is 1. The van der Waals surface area contributed by atoms with Gasteiger partial charge in [0.1, 0.15) is 18.1 Å². The molecule has 1 aromatic carbocycles. The predicted molar refractivity (Wildman–Crippen MR) is 160 cm³/mol. The predicted octanol–water partition coefficient (Wildman–Crippen LogP) is 1.22. The number of carbonyl (C=O) groups excluding carboxylic acids is 2. The molecule has 16 nitrogen and oxygen atoms in total. The van der Waals surface area contributed by atoms with Gasteiger partial charge in [0.25, 0.3) is 12.0 Å². The number of rotatable bonds is 14. The summed E-state index contributed by atoms with van der Waals surface area (Å²) in [6.45, 7) is 4.34. The molecule has 240 valence electrons. The maximum Gasteiger partial charge on any atom is 0.418 e. The Morgan fingerprint density at radius 3 is 2.60 bits per heavy atom. The molecule has 45 heavy (non-hydrogen) atoms. The number of Topliss-reactive ketones (excluding diaryl/α,β-unsaturated/α-hetero) is 1. The molecule has 2 aliphatic rings. The van der Waals surface area contributed by atoms with Gasteiger partial charge in [-0.2, -0.15) is 13.5 Å². The summed E-state index contributed by atoms with van der Waals surface area (Å²) in [5, 5.41) is 19.5. The summed E-state index contributed by atoms with van der Waals surface area (Å²) in [5.41, 5.74) is 5.74. The molecular formula is C27H30N6O10S2. The molecule has 2 aliphatic heterocycles. The quantitative estimate of drug-likeness (QED) is 0.0823. The van der Waals surface area contributed by atoms with E-state index < -0.39 is 64.4 Å². The molecule has 2 saturated heterocycles. The van der Waals surface area contributed by atoms with Crippen molar-refractivity contribution in [2.75, 3.05) is 25.4 Å². The molecule has 4 heterocycles. The normalized spacial score (nSPS) is 19.1. The highest BCUT2D eigenvalue weighted by molar-refractivity contribution is 7.80. The number of carboxylic acid groups (broad SMARTS) is 1. The minimum absolute atomic E-state index is 0.0156. The number of nitrogen functional groups attached to an aromatic ring is 1. The third kappa shape index (κ3) is 7.36. The van der Waals surface area contributed by atoms with Gasteiger partial charge in [-0.25, -0.2) is 9.78 Å². The number of ether oxygens (including phenoxy) is 1. The largest absolute Gasteiger partial charge is 0.489 e. The van der Waals surface area contributed by atoms with Crippen molar-refractivity contribution in [3.05, 3.63) is 47.1 Å². The van der Waals surface area contributed by atoms with E-state index in [0.717, 1.165) is 47.4 Å². The van der Waals surface area contributed by atoms with Gasteiger partial charge in [0.05, 0.1) is 17.0 Å². The van der Waals surface area contributed by atoms with Gasteiger partial charge >= 0.3 is 16.4 Å². The summed E-state index contributed by atoms with van der Waals surface area (Å²) in [6.07, 6.45) is -1.25. The van der Waals surface area contributed by atoms with Crippen LogP contribution in [0.1, 0.15) is 31.7 Å². The maximum absolute atomic E-state index is 13.3. The van der Waals surface area contributed by atoms with Crippen molar-refractivity contribution in [3.8, 4) is 5.75 Å². The number of nitrogens with one attached hydrogen (secondary N) is 1. The molecule has 2 fully saturated rings. The van der Waals surface area contributed by atoms with Crippen LogP contribution in [0.15, 0.2) is 40.9 Å². The highest BCUT2D eigenvalue weighted by Gasteiger charge is 2.57. The molecule has 3 aromatic rings. The highest BCUT2D eigenvalue weighted by Crippen LogP contribution is 2.40. The first kappa shape index (κ1) is 32.2. The molecule has 0 spiro atoms. The summed E-state index contributed by atoms with van der Waals surface area (Å²) in [4.78, 5) is 51.8. The van der Waals surface area contributed by atoms with Gasteiger partial charge in [0.15, 0.2) is 16.6 Å². The third-order valence-electron chi connectivity index (χ3n) is 7.49. The molecule has 0 aliphatic carbocycles. The van der Waals surface area contributed by atoms with Crippen molar-refractivity contribution in [3.63, 3.8) is 0 Å². The number of nitrogens with two attached hydrogens (primary N) is 1. The van der Waals surface area contributed by atoms with Crippen LogP contribution in [0.25, 0.3) is 10.9 Å². The summed E-state index contributed by atoms with van der Waals surface area (Å²) in [7, 11) is -4.98. The summed E-state index contributed by atoms with van der Waals surface area (Å²) in [6, 6.07) is 9.02. The van der Waals surface area contributed by atoms with E-state index in [2.05, 4.69) is 24.7 Å². The maximum atomic E-state index is 13.3. The van der Waals surface area contributed by atoms with Crippen LogP contribution in [0, 0.1) is 11.8 Å². The minimum Gasteiger partial charge on any atom is -0.489 e. The van der Waals surface area contributed by atoms with E-state index in [9.17, 15) is 27.9 Å². The number of amides is 1. The van der Waals surface area contributed by atoms with Gasteiger partial charge in [-0.3, -0.25) is 19.1 Å². The van der Waals surface area contributed by atoms with Crippen LogP contribution in [0.4, 0.5) is 5.13 Å². The monoisotopic (exact) mass is 662 g/mol. The number of oxime groups is 1. The van der Waals surface area contributed by atoms with E-state index in [-0.39, 0.29) is 10.8 Å². The van der Waals surface area contributed by atoms with Gasteiger partial charge < -0.3 is 25.7 Å². The first-order valence-electron chi connectivity index (χ1n) is 13.7. The van der Waals surface area contributed by atoms with Crippen LogP contribution in [0.5, 0.6) is 5.75 Å². The number of hydroxylamine groups is 2. The van der Waals surface area contributed by atoms with Gasteiger partial charge in [0.2, 0.25) is 0 Å². The zero-order valence-corrected chi connectivity index (χ0v) is 25.7. The van der Waals surface area contributed by atoms with Crippen LogP contribution in [-0.4, -0.2) is 87.8 Å². The van der Waals surface area contributed by atoms with Crippen LogP contribution >= 0.6 is 11.3 Å². The molecule has 0 bridgehead atoms. The Morgan fingerprint density at radius 2 is 2.00 bits per heavy atom. The average Bonchev–Trinajstić information content (AvgIpc) is 3.38. The lowest BCUT2D eigenvalue weighted by atomic mass is 9.74. The number of hydrogen-bond acceptors (Lipinski definition) is 14. The first-order valence-corrected chi connectivity index (χ1v) is 15.9. The molecule has 0 radical (unpaired) electrons. The fourth-order valence-corrected chi connectivity index (χ4v) is 5.86.